The minimum atomic E-state index is -0.494. The van der Waals surface area contributed by atoms with E-state index < -0.39 is 5.24 Å². The summed E-state index contributed by atoms with van der Waals surface area (Å²) in [5, 5.41) is 2.55. The van der Waals surface area contributed by atoms with Gasteiger partial charge in [-0.05, 0) is 139 Å². The molecule has 7 rings (SSSR count). The number of ether oxygens (including phenoxy) is 5. The first-order valence-electron chi connectivity index (χ1n) is 18.9. The Hall–Kier alpha value is -6.29. The number of carbonyl (C=O) groups is 2. The molecule has 6 aromatic carbocycles. The van der Waals surface area contributed by atoms with Crippen molar-refractivity contribution in [2.45, 2.75) is 18.9 Å². The Bertz CT molecular complexity index is 2340. The highest BCUT2D eigenvalue weighted by Crippen LogP contribution is 2.35. The van der Waals surface area contributed by atoms with E-state index in [9.17, 15) is 9.59 Å². The number of hydrogen-bond acceptors (Lipinski definition) is 8. The van der Waals surface area contributed by atoms with E-state index in [1.807, 2.05) is 97.1 Å². The largest absolute Gasteiger partial charge is 0.497 e. The number of amides is 1. The minimum Gasteiger partial charge on any atom is -0.497 e. The summed E-state index contributed by atoms with van der Waals surface area (Å²) in [7, 11) is 8.60. The lowest BCUT2D eigenvalue weighted by Gasteiger charge is -2.29. The van der Waals surface area contributed by atoms with Gasteiger partial charge in [-0.1, -0.05) is 48.5 Å². The number of anilines is 1. The van der Waals surface area contributed by atoms with Gasteiger partial charge in [0.1, 0.15) is 34.9 Å². The summed E-state index contributed by atoms with van der Waals surface area (Å²) in [6, 6.07) is 41.8. The van der Waals surface area contributed by atoms with E-state index in [4.69, 9.17) is 35.3 Å². The summed E-state index contributed by atoms with van der Waals surface area (Å²) in [6.45, 7) is 2.14. The van der Waals surface area contributed by atoms with Crippen LogP contribution in [0.4, 0.5) is 5.69 Å². The minimum absolute atomic E-state index is 0.194. The van der Waals surface area contributed by atoms with Gasteiger partial charge in [-0.15, -0.1) is 0 Å². The second-order valence-electron chi connectivity index (χ2n) is 13.7. The third-order valence-electron chi connectivity index (χ3n) is 9.93. The maximum Gasteiger partial charge on any atom is 0.255 e. The van der Waals surface area contributed by atoms with Crippen molar-refractivity contribution in [1.29, 1.82) is 0 Å². The fourth-order valence-electron chi connectivity index (χ4n) is 6.71. The van der Waals surface area contributed by atoms with Gasteiger partial charge in [0, 0.05) is 41.0 Å². The normalized spacial score (nSPS) is 12.7. The van der Waals surface area contributed by atoms with E-state index in [1.165, 1.54) is 0 Å². The molecule has 0 spiro atoms. The zero-order valence-corrected chi connectivity index (χ0v) is 34.0. The monoisotopic (exact) mass is 798 g/mol. The summed E-state index contributed by atoms with van der Waals surface area (Å²) in [4.78, 5) is 26.8. The fraction of sp³-hybridized carbons (Fsp3) is 0.208. The van der Waals surface area contributed by atoms with Gasteiger partial charge in [0.15, 0.2) is 0 Å². The first-order valence-corrected chi connectivity index (χ1v) is 19.3. The molecule has 1 saturated heterocycles. The van der Waals surface area contributed by atoms with Crippen LogP contribution in [0.3, 0.4) is 0 Å². The molecule has 1 aliphatic heterocycles. The second-order valence-corrected chi connectivity index (χ2v) is 14.1. The second kappa shape index (κ2) is 19.7. The molecule has 0 radical (unpaired) electrons. The van der Waals surface area contributed by atoms with E-state index >= 15 is 0 Å². The molecule has 0 atom stereocenters. The molecule has 10 heteroatoms. The number of likely N-dealkylation sites (tertiary alicyclic amines) is 1. The van der Waals surface area contributed by atoms with E-state index in [0.717, 1.165) is 82.2 Å². The van der Waals surface area contributed by atoms with Crippen molar-refractivity contribution in [2.75, 3.05) is 53.9 Å². The molecular formula is C48H47ClN2O7. The van der Waals surface area contributed by atoms with E-state index in [0.29, 0.717) is 22.6 Å². The van der Waals surface area contributed by atoms with Gasteiger partial charge < -0.3 is 33.9 Å². The first-order chi connectivity index (χ1) is 28.2. The number of piperidine rings is 1. The van der Waals surface area contributed by atoms with Gasteiger partial charge >= 0.3 is 0 Å². The summed E-state index contributed by atoms with van der Waals surface area (Å²) < 4.78 is 27.6. The van der Waals surface area contributed by atoms with Crippen molar-refractivity contribution in [3.8, 4) is 62.1 Å². The Labute approximate surface area is 345 Å². The highest BCUT2D eigenvalue weighted by Gasteiger charge is 2.18. The lowest BCUT2D eigenvalue weighted by Crippen LogP contribution is -2.35. The van der Waals surface area contributed by atoms with Crippen LogP contribution in [0.25, 0.3) is 33.4 Å². The molecule has 0 saturated carbocycles. The SMILES string of the molecule is COc1cccc(-c2cc(C(=O)Cl)ccc2OC)c1.COc1cccc(-c2cc(C(=O)Nc3cccc(-c4ccc(OC5CCN(C)CC5)cc4)c3)ccc2OC)c1. The zero-order chi connectivity index (χ0) is 41.0. The molecule has 0 unspecified atom stereocenters. The van der Waals surface area contributed by atoms with Crippen LogP contribution < -0.4 is 29.0 Å². The fourth-order valence-corrected chi connectivity index (χ4v) is 6.83. The molecule has 0 bridgehead atoms. The average molecular weight is 799 g/mol. The Kier molecular flexibility index (Phi) is 14.1. The van der Waals surface area contributed by atoms with Crippen LogP contribution >= 0.6 is 11.6 Å². The van der Waals surface area contributed by atoms with Crippen molar-refractivity contribution < 1.29 is 33.3 Å². The number of rotatable bonds is 12. The van der Waals surface area contributed by atoms with Crippen LogP contribution in [0, 0.1) is 0 Å². The number of halogens is 1. The van der Waals surface area contributed by atoms with Crippen molar-refractivity contribution in [3.05, 3.63) is 145 Å². The van der Waals surface area contributed by atoms with Gasteiger partial charge in [0.05, 0.1) is 28.4 Å². The third kappa shape index (κ3) is 10.6. The van der Waals surface area contributed by atoms with Crippen molar-refractivity contribution in [3.63, 3.8) is 0 Å². The van der Waals surface area contributed by atoms with Crippen molar-refractivity contribution in [1.82, 2.24) is 4.90 Å². The lowest BCUT2D eigenvalue weighted by atomic mass is 10.0. The Morgan fingerprint density at radius 1 is 0.569 bits per heavy atom. The lowest BCUT2D eigenvalue weighted by molar-refractivity contribution is 0.102. The highest BCUT2D eigenvalue weighted by atomic mass is 35.5. The van der Waals surface area contributed by atoms with Crippen LogP contribution in [0.5, 0.6) is 28.7 Å². The first kappa shape index (κ1) is 41.3. The summed E-state index contributed by atoms with van der Waals surface area (Å²) in [5.41, 5.74) is 7.20. The molecule has 9 nitrogen and oxygen atoms in total. The summed E-state index contributed by atoms with van der Waals surface area (Å²) in [5.74, 6) is 3.54. The van der Waals surface area contributed by atoms with Crippen LogP contribution in [0.2, 0.25) is 0 Å². The van der Waals surface area contributed by atoms with Crippen LogP contribution in [-0.2, 0) is 0 Å². The molecule has 1 aliphatic rings. The van der Waals surface area contributed by atoms with Gasteiger partial charge in [-0.3, -0.25) is 9.59 Å². The number of nitrogens with one attached hydrogen (secondary N) is 1. The Morgan fingerprint density at radius 3 is 1.66 bits per heavy atom. The molecule has 0 aliphatic carbocycles. The standard InChI is InChI=1S/C33H34N2O4.C15H13ClO3/c1-35-18-16-29(17-19-35)39-28-13-10-23(11-14-28)24-6-4-8-27(20-24)34-33(36)26-12-15-32(38-3)31(22-26)25-7-5-9-30(21-25)37-2;1-18-12-5-3-4-10(8-12)13-9-11(15(16)17)6-7-14(13)19-2/h4-15,20-22,29H,16-19H2,1-3H3,(H,34,36);3-9H,1-2H3. The van der Waals surface area contributed by atoms with Gasteiger partial charge in [0.25, 0.3) is 11.1 Å². The highest BCUT2D eigenvalue weighted by molar-refractivity contribution is 6.67. The predicted molar refractivity (Wildman–Crippen MR) is 231 cm³/mol. The molecule has 6 aromatic rings. The predicted octanol–water partition coefficient (Wildman–Crippen LogP) is 10.5. The number of benzene rings is 6. The van der Waals surface area contributed by atoms with Crippen molar-refractivity contribution >= 4 is 28.4 Å². The van der Waals surface area contributed by atoms with Crippen LogP contribution in [0.15, 0.2) is 133 Å². The van der Waals surface area contributed by atoms with E-state index in [2.05, 4.69) is 29.4 Å². The molecular weight excluding hydrogens is 752 g/mol. The third-order valence-corrected chi connectivity index (χ3v) is 10.1. The van der Waals surface area contributed by atoms with E-state index in [-0.39, 0.29) is 12.0 Å². The number of carbonyl (C=O) groups excluding carboxylic acids is 2. The van der Waals surface area contributed by atoms with Gasteiger partial charge in [-0.25, -0.2) is 0 Å². The molecule has 298 valence electrons. The number of hydrogen-bond donors (Lipinski definition) is 1. The summed E-state index contributed by atoms with van der Waals surface area (Å²) in [6.07, 6.45) is 2.37. The molecule has 1 fully saturated rings. The topological polar surface area (TPSA) is 95.6 Å². The quantitative estimate of drug-likeness (QED) is 0.122. The van der Waals surface area contributed by atoms with E-state index in [1.54, 1.807) is 52.7 Å². The molecule has 58 heavy (non-hydrogen) atoms. The Balaban J connectivity index is 0.000000250. The maximum absolute atomic E-state index is 13.2. The molecule has 1 heterocycles. The maximum atomic E-state index is 13.2. The summed E-state index contributed by atoms with van der Waals surface area (Å²) >= 11 is 5.51. The van der Waals surface area contributed by atoms with Crippen molar-refractivity contribution in [2.24, 2.45) is 0 Å². The number of nitrogens with zero attached hydrogens (tertiary/aromatic N) is 1. The average Bonchev–Trinajstić information content (AvgIpc) is 3.27. The zero-order valence-electron chi connectivity index (χ0n) is 33.3. The van der Waals surface area contributed by atoms with Crippen LogP contribution in [0.1, 0.15) is 33.6 Å². The van der Waals surface area contributed by atoms with Crippen LogP contribution in [-0.4, -0.2) is 70.7 Å². The number of methoxy groups -OCH3 is 4. The van der Waals surface area contributed by atoms with Gasteiger partial charge in [-0.2, -0.15) is 0 Å². The smallest absolute Gasteiger partial charge is 0.255 e. The van der Waals surface area contributed by atoms with Gasteiger partial charge in [0.2, 0.25) is 0 Å². The molecule has 1 amide bonds. The Morgan fingerprint density at radius 2 is 1.10 bits per heavy atom. The molecule has 0 aromatic heterocycles. The molecule has 1 N–H and O–H groups in total.